The number of benzene rings is 1. The molecular formula is C19H23N3O4S. The van der Waals surface area contributed by atoms with Crippen molar-refractivity contribution in [3.63, 3.8) is 0 Å². The van der Waals surface area contributed by atoms with Crippen molar-refractivity contribution in [1.82, 2.24) is 10.3 Å². The Morgan fingerprint density at radius 1 is 1.30 bits per heavy atom. The van der Waals surface area contributed by atoms with Gasteiger partial charge in [-0.1, -0.05) is 12.1 Å². The molecule has 1 aliphatic heterocycles. The third-order valence-electron chi connectivity index (χ3n) is 4.45. The molecule has 1 aromatic carbocycles. The van der Waals surface area contributed by atoms with Gasteiger partial charge in [0, 0.05) is 25.0 Å². The van der Waals surface area contributed by atoms with Crippen LogP contribution in [0, 0.1) is 0 Å². The molecule has 1 atom stereocenters. The van der Waals surface area contributed by atoms with Crippen molar-refractivity contribution in [2.45, 2.75) is 18.9 Å². The Morgan fingerprint density at radius 2 is 2.15 bits per heavy atom. The van der Waals surface area contributed by atoms with E-state index in [0.29, 0.717) is 18.5 Å². The fourth-order valence-electron chi connectivity index (χ4n) is 3.02. The van der Waals surface area contributed by atoms with Crippen molar-refractivity contribution in [2.75, 3.05) is 30.5 Å². The zero-order valence-electron chi connectivity index (χ0n) is 15.1. The van der Waals surface area contributed by atoms with E-state index < -0.39 is 9.84 Å². The van der Waals surface area contributed by atoms with Gasteiger partial charge >= 0.3 is 0 Å². The molecule has 1 amide bonds. The van der Waals surface area contributed by atoms with Crippen LogP contribution in [0.4, 0.5) is 5.69 Å². The average molecular weight is 389 g/mol. The summed E-state index contributed by atoms with van der Waals surface area (Å²) >= 11 is 0. The predicted octanol–water partition coefficient (Wildman–Crippen LogP) is 1.66. The standard InChI is InChI=1S/C19H23N3O4S/c1-26-18-4-2-3-14(9-18)5-7-21-17-10-15(11-20-12-17)19(23)22-16-6-8-27(24,25)13-16/h2-4,9-12,16,21H,5-8,13H2,1H3,(H,22,23). The Balaban J connectivity index is 1.54. The van der Waals surface area contributed by atoms with E-state index in [1.165, 1.54) is 6.20 Å². The first-order valence-corrected chi connectivity index (χ1v) is 10.6. The van der Waals surface area contributed by atoms with E-state index in [0.717, 1.165) is 23.4 Å². The summed E-state index contributed by atoms with van der Waals surface area (Å²) in [4.78, 5) is 16.4. The second-order valence-electron chi connectivity index (χ2n) is 6.56. The predicted molar refractivity (Wildman–Crippen MR) is 104 cm³/mol. The van der Waals surface area contributed by atoms with Crippen molar-refractivity contribution < 1.29 is 17.9 Å². The van der Waals surface area contributed by atoms with Crippen LogP contribution in [-0.4, -0.2) is 50.5 Å². The van der Waals surface area contributed by atoms with Crippen LogP contribution >= 0.6 is 0 Å². The van der Waals surface area contributed by atoms with Crippen LogP contribution in [0.2, 0.25) is 0 Å². The second-order valence-corrected chi connectivity index (χ2v) is 8.79. The molecule has 0 aliphatic carbocycles. The zero-order valence-corrected chi connectivity index (χ0v) is 16.0. The van der Waals surface area contributed by atoms with Crippen LogP contribution in [0.1, 0.15) is 22.3 Å². The molecule has 3 rings (SSSR count). The smallest absolute Gasteiger partial charge is 0.253 e. The molecule has 1 unspecified atom stereocenters. The molecule has 1 aliphatic rings. The summed E-state index contributed by atoms with van der Waals surface area (Å²) in [5, 5.41) is 6.03. The van der Waals surface area contributed by atoms with Gasteiger partial charge in [-0.05, 0) is 36.6 Å². The van der Waals surface area contributed by atoms with Crippen LogP contribution in [-0.2, 0) is 16.3 Å². The lowest BCUT2D eigenvalue weighted by Crippen LogP contribution is -2.35. The van der Waals surface area contributed by atoms with Gasteiger partial charge < -0.3 is 15.4 Å². The minimum absolute atomic E-state index is 0.00461. The van der Waals surface area contributed by atoms with Crippen LogP contribution in [0.5, 0.6) is 5.75 Å². The summed E-state index contributed by atoms with van der Waals surface area (Å²) < 4.78 is 28.2. The topological polar surface area (TPSA) is 97.4 Å². The minimum Gasteiger partial charge on any atom is -0.497 e. The third kappa shape index (κ3) is 5.43. The van der Waals surface area contributed by atoms with Gasteiger partial charge in [-0.3, -0.25) is 9.78 Å². The van der Waals surface area contributed by atoms with Gasteiger partial charge in [0.2, 0.25) is 0 Å². The molecule has 2 heterocycles. The summed E-state index contributed by atoms with van der Waals surface area (Å²) in [6.07, 6.45) is 4.39. The molecule has 0 saturated carbocycles. The van der Waals surface area contributed by atoms with Crippen LogP contribution < -0.4 is 15.4 Å². The van der Waals surface area contributed by atoms with Gasteiger partial charge in [0.25, 0.3) is 5.91 Å². The Hall–Kier alpha value is -2.61. The van der Waals surface area contributed by atoms with E-state index in [4.69, 9.17) is 4.74 Å². The highest BCUT2D eigenvalue weighted by Crippen LogP contribution is 2.15. The van der Waals surface area contributed by atoms with Crippen LogP contribution in [0.25, 0.3) is 0 Å². The Bertz CT molecular complexity index is 915. The number of ether oxygens (including phenoxy) is 1. The maximum absolute atomic E-state index is 12.3. The second kappa shape index (κ2) is 8.39. The van der Waals surface area contributed by atoms with Gasteiger partial charge in [0.1, 0.15) is 5.75 Å². The number of nitrogens with one attached hydrogen (secondary N) is 2. The van der Waals surface area contributed by atoms with Crippen molar-refractivity contribution in [2.24, 2.45) is 0 Å². The summed E-state index contributed by atoms with van der Waals surface area (Å²) in [5.74, 6) is 0.648. The van der Waals surface area contributed by atoms with Gasteiger partial charge in [-0.25, -0.2) is 8.42 Å². The van der Waals surface area contributed by atoms with E-state index in [2.05, 4.69) is 15.6 Å². The average Bonchev–Trinajstić information content (AvgIpc) is 3.00. The molecular weight excluding hydrogens is 366 g/mol. The fraction of sp³-hybridized carbons (Fsp3) is 0.368. The lowest BCUT2D eigenvalue weighted by atomic mass is 10.1. The van der Waals surface area contributed by atoms with E-state index in [1.807, 2.05) is 24.3 Å². The van der Waals surface area contributed by atoms with E-state index >= 15 is 0 Å². The number of hydrogen-bond acceptors (Lipinski definition) is 6. The van der Waals surface area contributed by atoms with E-state index in [1.54, 1.807) is 19.4 Å². The highest BCUT2D eigenvalue weighted by Gasteiger charge is 2.29. The Morgan fingerprint density at radius 3 is 2.89 bits per heavy atom. The van der Waals surface area contributed by atoms with E-state index in [9.17, 15) is 13.2 Å². The zero-order chi connectivity index (χ0) is 19.3. The molecule has 8 heteroatoms. The van der Waals surface area contributed by atoms with Crippen molar-refractivity contribution in [1.29, 1.82) is 0 Å². The van der Waals surface area contributed by atoms with Crippen molar-refractivity contribution >= 4 is 21.4 Å². The molecule has 2 aromatic rings. The third-order valence-corrected chi connectivity index (χ3v) is 6.21. The first-order valence-electron chi connectivity index (χ1n) is 8.78. The van der Waals surface area contributed by atoms with Gasteiger partial charge in [-0.15, -0.1) is 0 Å². The first kappa shape index (κ1) is 19.2. The lowest BCUT2D eigenvalue weighted by Gasteiger charge is -2.12. The number of pyridine rings is 1. The molecule has 144 valence electrons. The maximum Gasteiger partial charge on any atom is 0.253 e. The number of hydrogen-bond donors (Lipinski definition) is 2. The van der Waals surface area contributed by atoms with Crippen molar-refractivity contribution in [3.05, 3.63) is 53.9 Å². The molecule has 27 heavy (non-hydrogen) atoms. The van der Waals surface area contributed by atoms with E-state index in [-0.39, 0.29) is 23.5 Å². The lowest BCUT2D eigenvalue weighted by molar-refractivity contribution is 0.0941. The molecule has 1 aromatic heterocycles. The number of carbonyl (C=O) groups is 1. The normalized spacial score (nSPS) is 18.0. The summed E-state index contributed by atoms with van der Waals surface area (Å²) in [6.45, 7) is 0.681. The van der Waals surface area contributed by atoms with Crippen LogP contribution in [0.15, 0.2) is 42.7 Å². The Labute approximate surface area is 159 Å². The monoisotopic (exact) mass is 389 g/mol. The van der Waals surface area contributed by atoms with Crippen LogP contribution in [0.3, 0.4) is 0 Å². The highest BCUT2D eigenvalue weighted by atomic mass is 32.2. The van der Waals surface area contributed by atoms with Gasteiger partial charge in [0.15, 0.2) is 9.84 Å². The fourth-order valence-corrected chi connectivity index (χ4v) is 4.69. The molecule has 1 fully saturated rings. The first-order chi connectivity index (χ1) is 12.9. The van der Waals surface area contributed by atoms with Gasteiger partial charge in [-0.2, -0.15) is 0 Å². The number of methoxy groups -OCH3 is 1. The quantitative estimate of drug-likeness (QED) is 0.748. The van der Waals surface area contributed by atoms with Gasteiger partial charge in [0.05, 0.1) is 29.9 Å². The summed E-state index contributed by atoms with van der Waals surface area (Å²) in [5.41, 5.74) is 2.29. The number of sulfone groups is 1. The number of amides is 1. The Kier molecular flexibility index (Phi) is 5.95. The SMILES string of the molecule is COc1cccc(CCNc2cncc(C(=O)NC3CCS(=O)(=O)C3)c2)c1. The minimum atomic E-state index is -3.03. The summed E-state index contributed by atoms with van der Waals surface area (Å²) in [6, 6.07) is 9.26. The summed E-state index contributed by atoms with van der Waals surface area (Å²) in [7, 11) is -1.39. The largest absolute Gasteiger partial charge is 0.497 e. The molecule has 0 radical (unpaired) electrons. The number of anilines is 1. The maximum atomic E-state index is 12.3. The number of aromatic nitrogens is 1. The number of nitrogens with zero attached hydrogens (tertiary/aromatic N) is 1. The molecule has 2 N–H and O–H groups in total. The molecule has 0 bridgehead atoms. The molecule has 7 nitrogen and oxygen atoms in total. The number of carbonyl (C=O) groups excluding carboxylic acids is 1. The number of rotatable bonds is 7. The van der Waals surface area contributed by atoms with Crippen molar-refractivity contribution in [3.8, 4) is 5.75 Å². The molecule has 1 saturated heterocycles. The highest BCUT2D eigenvalue weighted by molar-refractivity contribution is 7.91. The molecule has 0 spiro atoms.